The molecule has 15 heteroatoms. The first-order valence-electron chi connectivity index (χ1n) is 19.5. The van der Waals surface area contributed by atoms with Crippen molar-refractivity contribution in [2.75, 3.05) is 33.9 Å². The number of aryl methyl sites for hydroxylation is 2. The third-order valence-corrected chi connectivity index (χ3v) is 10.4. The van der Waals surface area contributed by atoms with E-state index in [1.165, 1.54) is 19.8 Å². The van der Waals surface area contributed by atoms with Crippen LogP contribution in [0.3, 0.4) is 0 Å². The van der Waals surface area contributed by atoms with Gasteiger partial charge in [0.15, 0.2) is 0 Å². The van der Waals surface area contributed by atoms with Crippen LogP contribution in [0.2, 0.25) is 0 Å². The molecule has 0 unspecified atom stereocenters. The molecule has 58 heavy (non-hydrogen) atoms. The Morgan fingerprint density at radius 3 is 2.34 bits per heavy atom. The molecule has 3 heterocycles. The molecule has 0 saturated heterocycles. The Bertz CT molecular complexity index is 2300. The molecule has 3 aromatic carbocycles. The number of aromatic amines is 2. The number of aromatic nitrogens is 4. The maximum atomic E-state index is 14.0. The predicted octanol–water partition coefficient (Wildman–Crippen LogP) is 6.06. The molecule has 2 aromatic heterocycles. The average molecular weight is 789 g/mol. The Labute approximate surface area is 336 Å². The van der Waals surface area contributed by atoms with Crippen molar-refractivity contribution in [3.63, 3.8) is 0 Å². The van der Waals surface area contributed by atoms with Gasteiger partial charge in [-0.1, -0.05) is 56.3 Å². The van der Waals surface area contributed by atoms with Crippen LogP contribution in [0.4, 0.5) is 9.59 Å². The molecule has 1 aliphatic heterocycles. The summed E-state index contributed by atoms with van der Waals surface area (Å²) < 4.78 is 15.8. The van der Waals surface area contributed by atoms with Gasteiger partial charge < -0.3 is 44.6 Å². The first-order chi connectivity index (χ1) is 28.2. The second kappa shape index (κ2) is 17.7. The van der Waals surface area contributed by atoms with E-state index in [0.717, 1.165) is 76.3 Å². The number of ether oxygens (including phenoxy) is 3. The van der Waals surface area contributed by atoms with Crippen LogP contribution in [0.25, 0.3) is 33.6 Å². The van der Waals surface area contributed by atoms with Crippen LogP contribution < -0.4 is 15.4 Å². The van der Waals surface area contributed by atoms with Gasteiger partial charge in [0.2, 0.25) is 11.8 Å². The zero-order chi connectivity index (χ0) is 40.8. The minimum Gasteiger partial charge on any atom is -0.488 e. The normalized spacial score (nSPS) is 12.8. The number of hydrogen-bond donors (Lipinski definition) is 4. The zero-order valence-electron chi connectivity index (χ0n) is 33.1. The van der Waals surface area contributed by atoms with Crippen LogP contribution in [-0.2, 0) is 51.6 Å². The molecule has 0 radical (unpaired) electrons. The molecule has 0 fully saturated rings. The first-order valence-corrected chi connectivity index (χ1v) is 19.5. The lowest BCUT2D eigenvalue weighted by molar-refractivity contribution is -0.134. The number of rotatable bonds is 14. The Balaban J connectivity index is 1.08. The van der Waals surface area contributed by atoms with E-state index in [1.807, 2.05) is 44.2 Å². The summed E-state index contributed by atoms with van der Waals surface area (Å²) in [6.07, 6.45) is 3.49. The summed E-state index contributed by atoms with van der Waals surface area (Å²) in [6.45, 7) is 5.75. The average Bonchev–Trinajstić information content (AvgIpc) is 3.90. The Hall–Kier alpha value is -6.64. The van der Waals surface area contributed by atoms with E-state index in [4.69, 9.17) is 14.5 Å². The van der Waals surface area contributed by atoms with E-state index in [0.29, 0.717) is 36.9 Å². The number of carbonyl (C=O) groups is 4. The van der Waals surface area contributed by atoms with Crippen LogP contribution in [-0.4, -0.2) is 87.6 Å². The smallest absolute Gasteiger partial charge is 0.407 e. The van der Waals surface area contributed by atoms with Crippen molar-refractivity contribution in [2.24, 2.45) is 0 Å². The Morgan fingerprint density at radius 2 is 1.59 bits per heavy atom. The summed E-state index contributed by atoms with van der Waals surface area (Å²) in [7, 11) is 2.53. The summed E-state index contributed by atoms with van der Waals surface area (Å²) in [5, 5.41) is 5.16. The van der Waals surface area contributed by atoms with Crippen LogP contribution in [0.5, 0.6) is 5.75 Å². The number of benzene rings is 3. The van der Waals surface area contributed by atoms with Gasteiger partial charge in [-0.25, -0.2) is 19.6 Å². The monoisotopic (exact) mass is 788 g/mol. The number of methoxy groups -OCH3 is 2. The van der Waals surface area contributed by atoms with Gasteiger partial charge in [-0.15, -0.1) is 0 Å². The molecule has 5 aromatic rings. The highest BCUT2D eigenvalue weighted by Gasteiger charge is 2.30. The van der Waals surface area contributed by atoms with E-state index in [-0.39, 0.29) is 31.4 Å². The predicted molar refractivity (Wildman–Crippen MR) is 215 cm³/mol. The number of carbonyl (C=O) groups excluding carboxylic acids is 4. The standard InChI is InChI=1S/C43H48N8O7/c1-5-16-50(38(52)22-45-42(54)56-3)23-36-44-21-34(47-36)28-12-14-30-29(18-28)25-58-35-20-31-27(19-32(30)35)13-15-33-40(31)48-37(46-33)24-51(17-6-2)41(53)39(49-43(55)57-4)26-10-8-7-9-11-26/h7-12,14,18-21,39H,5-6,13,15-17,22-25H2,1-4H3,(H,44,47)(H,45,54)(H,46,48)(H,49,55)/t39-/m1/s1. The third kappa shape index (κ3) is 8.53. The van der Waals surface area contributed by atoms with Crippen molar-refractivity contribution in [1.82, 2.24) is 40.4 Å². The molecular weight excluding hydrogens is 741 g/mol. The fraction of sp³-hybridized carbons (Fsp3) is 0.349. The summed E-state index contributed by atoms with van der Waals surface area (Å²) in [6, 6.07) is 18.8. The van der Waals surface area contributed by atoms with E-state index in [2.05, 4.69) is 60.7 Å². The molecule has 0 spiro atoms. The summed E-state index contributed by atoms with van der Waals surface area (Å²) in [5.74, 6) is 1.61. The van der Waals surface area contributed by atoms with Gasteiger partial charge in [0.05, 0.1) is 44.9 Å². The van der Waals surface area contributed by atoms with Crippen molar-refractivity contribution in [1.29, 1.82) is 0 Å². The Morgan fingerprint density at radius 1 is 0.828 bits per heavy atom. The molecule has 4 N–H and O–H groups in total. The number of nitrogens with one attached hydrogen (secondary N) is 4. The molecule has 7 rings (SSSR count). The minimum atomic E-state index is -0.909. The molecule has 2 aliphatic rings. The van der Waals surface area contributed by atoms with Crippen molar-refractivity contribution >= 4 is 24.0 Å². The third-order valence-electron chi connectivity index (χ3n) is 10.4. The van der Waals surface area contributed by atoms with E-state index in [9.17, 15) is 19.2 Å². The highest BCUT2D eigenvalue weighted by atomic mass is 16.5. The second-order valence-corrected chi connectivity index (χ2v) is 14.3. The van der Waals surface area contributed by atoms with E-state index in [1.54, 1.807) is 16.0 Å². The summed E-state index contributed by atoms with van der Waals surface area (Å²) in [5.41, 5.74) is 9.65. The zero-order valence-corrected chi connectivity index (χ0v) is 33.1. The molecule has 0 saturated carbocycles. The van der Waals surface area contributed by atoms with Crippen LogP contribution >= 0.6 is 0 Å². The van der Waals surface area contributed by atoms with Crippen molar-refractivity contribution in [3.8, 4) is 39.4 Å². The molecular formula is C43H48N8O7. The topological polar surface area (TPSA) is 184 Å². The van der Waals surface area contributed by atoms with Gasteiger partial charge >= 0.3 is 12.2 Å². The molecule has 15 nitrogen and oxygen atoms in total. The lowest BCUT2D eigenvalue weighted by Crippen LogP contribution is -2.43. The van der Waals surface area contributed by atoms with Crippen LogP contribution in [0.1, 0.15) is 66.8 Å². The second-order valence-electron chi connectivity index (χ2n) is 14.3. The highest BCUT2D eigenvalue weighted by Crippen LogP contribution is 2.44. The highest BCUT2D eigenvalue weighted by molar-refractivity contribution is 5.87. The van der Waals surface area contributed by atoms with Gasteiger partial charge in [0, 0.05) is 29.9 Å². The number of H-pyrrole nitrogens is 2. The molecule has 1 aliphatic carbocycles. The SMILES string of the molecule is CCCN(Cc1ncc(-c2ccc3c(c2)COc2cc4c(cc2-3)CCc2[nH]c(CN(CCC)C(=O)[C@H](NC(=O)OC)c3ccccc3)nc2-4)[nH]1)C(=O)CNC(=O)OC. The fourth-order valence-electron chi connectivity index (χ4n) is 7.56. The Kier molecular flexibility index (Phi) is 12.1. The van der Waals surface area contributed by atoms with E-state index >= 15 is 0 Å². The van der Waals surface area contributed by atoms with Gasteiger partial charge in [-0.05, 0) is 71.7 Å². The molecule has 0 bridgehead atoms. The number of imidazole rings is 2. The minimum absolute atomic E-state index is 0.158. The number of amides is 4. The molecule has 302 valence electrons. The quantitative estimate of drug-likeness (QED) is 0.104. The largest absolute Gasteiger partial charge is 0.488 e. The molecule has 4 amide bonds. The van der Waals surface area contributed by atoms with Gasteiger partial charge in [-0.3, -0.25) is 9.59 Å². The van der Waals surface area contributed by atoms with Gasteiger partial charge in [0.1, 0.15) is 36.6 Å². The van der Waals surface area contributed by atoms with Gasteiger partial charge in [-0.2, -0.15) is 0 Å². The fourth-order valence-corrected chi connectivity index (χ4v) is 7.56. The lowest BCUT2D eigenvalue weighted by Gasteiger charge is -2.27. The van der Waals surface area contributed by atoms with Crippen LogP contribution in [0, 0.1) is 0 Å². The van der Waals surface area contributed by atoms with Crippen molar-refractivity contribution in [3.05, 3.63) is 101 Å². The van der Waals surface area contributed by atoms with E-state index < -0.39 is 18.2 Å². The number of fused-ring (bicyclic) bond motifs is 6. The van der Waals surface area contributed by atoms with Crippen molar-refractivity contribution < 1.29 is 33.4 Å². The van der Waals surface area contributed by atoms with Gasteiger partial charge in [0.25, 0.3) is 0 Å². The summed E-state index contributed by atoms with van der Waals surface area (Å²) in [4.78, 5) is 70.4. The summed E-state index contributed by atoms with van der Waals surface area (Å²) >= 11 is 0. The number of hydrogen-bond acceptors (Lipinski definition) is 9. The lowest BCUT2D eigenvalue weighted by atomic mass is 9.86. The maximum absolute atomic E-state index is 14.0. The maximum Gasteiger partial charge on any atom is 0.407 e. The van der Waals surface area contributed by atoms with Crippen LogP contribution in [0.15, 0.2) is 66.9 Å². The number of alkyl carbamates (subject to hydrolysis) is 2. The van der Waals surface area contributed by atoms with Crippen molar-refractivity contribution in [2.45, 2.75) is 65.3 Å². The molecule has 1 atom stereocenters. The first kappa shape index (κ1) is 39.6. The number of nitrogens with zero attached hydrogens (tertiary/aromatic N) is 4.